The Hall–Kier alpha value is -3.77. The van der Waals surface area contributed by atoms with Gasteiger partial charge < -0.3 is 9.47 Å². The van der Waals surface area contributed by atoms with Gasteiger partial charge in [0.05, 0.1) is 23.3 Å². The number of halogens is 7. The Balaban J connectivity index is 1.40. The van der Waals surface area contributed by atoms with Gasteiger partial charge in [0.1, 0.15) is 17.1 Å². The van der Waals surface area contributed by atoms with Crippen LogP contribution in [0.2, 0.25) is 0 Å². The first-order chi connectivity index (χ1) is 21.0. The maximum Gasteiger partial charge on any atom is 0.416 e. The number of nitrogens with one attached hydrogen (secondary N) is 1. The largest absolute Gasteiger partial charge is 0.441 e. The number of benzene rings is 3. The number of hydrogen-bond donors (Lipinski definition) is 1. The van der Waals surface area contributed by atoms with Gasteiger partial charge in [0.2, 0.25) is 0 Å². The first-order valence-corrected chi connectivity index (χ1v) is 14.3. The lowest BCUT2D eigenvalue weighted by Gasteiger charge is -2.29. The molecule has 1 aliphatic carbocycles. The van der Waals surface area contributed by atoms with Gasteiger partial charge in [-0.25, -0.2) is 9.18 Å². The highest BCUT2D eigenvalue weighted by molar-refractivity contribution is 5.92. The second kappa shape index (κ2) is 12.2. The molecule has 12 heteroatoms. The standard InChI is InChI=1S/C33H30F7NO4/c1-18(21-14-22(32(35,36)37)16-23(15-21)33(38,39)40)44-27-13-12-25(28(27)19-8-10-24(34)11-9-19)26(42)17-31(2)30(43)45-29(41-31)20-6-4-3-5-7-20/h3-11,14-16,18,25,27-29,41H,12-13,17H2,1-2H3/t18-,25+,27+,28+,29+,31-/m1/s1. The number of Topliss-reactive ketones (excluding diaryl/α,β-unsaturated/α-hetero) is 1. The summed E-state index contributed by atoms with van der Waals surface area (Å²) in [5.74, 6) is -2.91. The third-order valence-corrected chi connectivity index (χ3v) is 8.48. The number of ether oxygens (including phenoxy) is 2. The Morgan fingerprint density at radius 2 is 1.53 bits per heavy atom. The Labute approximate surface area is 254 Å². The Kier molecular flexibility index (Phi) is 8.85. The molecule has 5 nitrogen and oxygen atoms in total. The second-order valence-electron chi connectivity index (χ2n) is 11.7. The van der Waals surface area contributed by atoms with Crippen LogP contribution in [-0.2, 0) is 31.4 Å². The molecule has 1 saturated carbocycles. The van der Waals surface area contributed by atoms with Crippen LogP contribution in [-0.4, -0.2) is 23.4 Å². The molecule has 1 aliphatic heterocycles. The molecule has 0 amide bonds. The van der Waals surface area contributed by atoms with Crippen LogP contribution >= 0.6 is 0 Å². The van der Waals surface area contributed by atoms with Crippen molar-refractivity contribution in [2.75, 3.05) is 0 Å². The number of carbonyl (C=O) groups is 2. The molecule has 0 radical (unpaired) electrons. The zero-order chi connectivity index (χ0) is 32.7. The van der Waals surface area contributed by atoms with E-state index < -0.39 is 71.1 Å². The smallest absolute Gasteiger partial charge is 0.416 e. The maximum absolute atomic E-state index is 13.8. The van der Waals surface area contributed by atoms with Gasteiger partial charge in [-0.1, -0.05) is 42.5 Å². The minimum absolute atomic E-state index is 0.0484. The summed E-state index contributed by atoms with van der Waals surface area (Å²) in [4.78, 5) is 26.7. The molecule has 3 aromatic rings. The summed E-state index contributed by atoms with van der Waals surface area (Å²) in [5.41, 5.74) is -3.41. The minimum Gasteiger partial charge on any atom is -0.441 e. The predicted molar refractivity (Wildman–Crippen MR) is 148 cm³/mol. The SMILES string of the molecule is C[C@@H](O[C@H]1CC[C@@H](C(=O)C[C@@]2(C)N[C@H](c3ccccc3)OC2=O)[C@@H]1c1ccc(F)cc1)c1cc(C(F)(F)F)cc(C(F)(F)F)c1. The number of esters is 1. The number of rotatable bonds is 8. The van der Waals surface area contributed by atoms with Crippen molar-refractivity contribution in [3.05, 3.63) is 106 Å². The number of carbonyl (C=O) groups excluding carboxylic acids is 2. The number of hydrogen-bond acceptors (Lipinski definition) is 5. The van der Waals surface area contributed by atoms with Crippen LogP contribution < -0.4 is 5.32 Å². The van der Waals surface area contributed by atoms with E-state index >= 15 is 0 Å². The lowest BCUT2D eigenvalue weighted by atomic mass is 9.81. The van der Waals surface area contributed by atoms with E-state index in [0.717, 1.165) is 0 Å². The van der Waals surface area contributed by atoms with E-state index in [1.807, 2.05) is 0 Å². The summed E-state index contributed by atoms with van der Waals surface area (Å²) in [7, 11) is 0. The minimum atomic E-state index is -5.03. The van der Waals surface area contributed by atoms with Crippen LogP contribution in [0.1, 0.15) is 79.2 Å². The molecule has 0 bridgehead atoms. The topological polar surface area (TPSA) is 64.6 Å². The second-order valence-corrected chi connectivity index (χ2v) is 11.7. The maximum atomic E-state index is 13.8. The van der Waals surface area contributed by atoms with Gasteiger partial charge in [0.25, 0.3) is 0 Å². The highest BCUT2D eigenvalue weighted by Crippen LogP contribution is 2.46. The molecule has 1 N–H and O–H groups in total. The molecule has 45 heavy (non-hydrogen) atoms. The molecule has 5 rings (SSSR count). The van der Waals surface area contributed by atoms with Crippen LogP contribution in [0.5, 0.6) is 0 Å². The third kappa shape index (κ3) is 7.06. The molecule has 0 spiro atoms. The summed E-state index contributed by atoms with van der Waals surface area (Å²) in [5, 5.41) is 3.09. The summed E-state index contributed by atoms with van der Waals surface area (Å²) >= 11 is 0. The van der Waals surface area contributed by atoms with Gasteiger partial charge in [-0.05, 0) is 68.1 Å². The quantitative estimate of drug-likeness (QED) is 0.200. The molecule has 2 aliphatic rings. The van der Waals surface area contributed by atoms with Crippen molar-refractivity contribution in [2.45, 2.75) is 75.4 Å². The van der Waals surface area contributed by atoms with Crippen molar-refractivity contribution in [3.8, 4) is 0 Å². The fourth-order valence-corrected chi connectivity index (χ4v) is 6.16. The molecule has 1 heterocycles. The predicted octanol–water partition coefficient (Wildman–Crippen LogP) is 8.07. The van der Waals surface area contributed by atoms with Crippen molar-refractivity contribution < 1.29 is 49.8 Å². The van der Waals surface area contributed by atoms with Crippen molar-refractivity contribution in [1.29, 1.82) is 0 Å². The number of ketones is 1. The fourth-order valence-electron chi connectivity index (χ4n) is 6.16. The lowest BCUT2D eigenvalue weighted by molar-refractivity contribution is -0.147. The molecule has 2 fully saturated rings. The average molecular weight is 638 g/mol. The molecular weight excluding hydrogens is 607 g/mol. The van der Waals surface area contributed by atoms with E-state index in [1.165, 1.54) is 31.2 Å². The monoisotopic (exact) mass is 637 g/mol. The lowest BCUT2D eigenvalue weighted by Crippen LogP contribution is -2.46. The van der Waals surface area contributed by atoms with Crippen LogP contribution in [0.4, 0.5) is 30.7 Å². The highest BCUT2D eigenvalue weighted by atomic mass is 19.4. The molecule has 240 valence electrons. The van der Waals surface area contributed by atoms with Crippen LogP contribution in [0.15, 0.2) is 72.8 Å². The van der Waals surface area contributed by atoms with E-state index in [0.29, 0.717) is 23.3 Å². The molecule has 1 saturated heterocycles. The van der Waals surface area contributed by atoms with Crippen molar-refractivity contribution in [2.24, 2.45) is 5.92 Å². The average Bonchev–Trinajstić information content (AvgIpc) is 3.52. The molecule has 0 unspecified atom stereocenters. The zero-order valence-electron chi connectivity index (χ0n) is 24.2. The van der Waals surface area contributed by atoms with E-state index in [9.17, 15) is 40.3 Å². The van der Waals surface area contributed by atoms with Crippen molar-refractivity contribution >= 4 is 11.8 Å². The van der Waals surface area contributed by atoms with Crippen molar-refractivity contribution in [3.63, 3.8) is 0 Å². The molecule has 6 atom stereocenters. The van der Waals surface area contributed by atoms with Gasteiger partial charge in [0.15, 0.2) is 6.23 Å². The Bertz CT molecular complexity index is 1510. The summed E-state index contributed by atoms with van der Waals surface area (Å²) in [6, 6.07) is 15.5. The number of alkyl halides is 6. The first-order valence-electron chi connectivity index (χ1n) is 14.3. The first kappa shape index (κ1) is 32.6. The van der Waals surface area contributed by atoms with Gasteiger partial charge >= 0.3 is 18.3 Å². The summed E-state index contributed by atoms with van der Waals surface area (Å²) in [6.07, 6.45) is -12.6. The molecule has 0 aromatic heterocycles. The van der Waals surface area contributed by atoms with Crippen LogP contribution in [0, 0.1) is 11.7 Å². The third-order valence-electron chi connectivity index (χ3n) is 8.48. The van der Waals surface area contributed by atoms with Gasteiger partial charge in [-0.2, -0.15) is 26.3 Å². The fraction of sp³-hybridized carbons (Fsp3) is 0.394. The molecular formula is C33H30F7NO4. The zero-order valence-corrected chi connectivity index (χ0v) is 24.2. The van der Waals surface area contributed by atoms with Gasteiger partial charge in [0, 0.05) is 23.8 Å². The highest BCUT2D eigenvalue weighted by Gasteiger charge is 2.50. The Morgan fingerprint density at radius 3 is 2.11 bits per heavy atom. The van der Waals surface area contributed by atoms with Gasteiger partial charge in [-0.15, -0.1) is 0 Å². The van der Waals surface area contributed by atoms with Gasteiger partial charge in [-0.3, -0.25) is 10.1 Å². The van der Waals surface area contributed by atoms with E-state index in [2.05, 4.69) is 5.32 Å². The summed E-state index contributed by atoms with van der Waals surface area (Å²) in [6.45, 7) is 2.90. The normalized spacial score (nSPS) is 26.1. The summed E-state index contributed by atoms with van der Waals surface area (Å²) < 4.78 is 106. The number of cyclic esters (lactones) is 1. The van der Waals surface area contributed by atoms with E-state index in [-0.39, 0.29) is 36.7 Å². The molecule has 3 aromatic carbocycles. The van der Waals surface area contributed by atoms with Crippen molar-refractivity contribution in [1.82, 2.24) is 5.32 Å². The van der Waals surface area contributed by atoms with Crippen LogP contribution in [0.3, 0.4) is 0 Å². The Morgan fingerprint density at radius 1 is 0.933 bits per heavy atom. The van der Waals surface area contributed by atoms with E-state index in [4.69, 9.17) is 9.47 Å². The van der Waals surface area contributed by atoms with E-state index in [1.54, 1.807) is 37.3 Å². The van der Waals surface area contributed by atoms with Crippen LogP contribution in [0.25, 0.3) is 0 Å².